The maximum atomic E-state index is 6.57. The van der Waals surface area contributed by atoms with Crippen molar-refractivity contribution in [3.05, 3.63) is 77.9 Å². The van der Waals surface area contributed by atoms with Gasteiger partial charge in [0.25, 0.3) is 0 Å². The average Bonchev–Trinajstić information content (AvgIpc) is 3.36. The highest BCUT2D eigenvalue weighted by molar-refractivity contribution is 6.04. The molecule has 3 aliphatic rings. The fraction of sp³-hybridized carbons (Fsp3) is 0.292. The van der Waals surface area contributed by atoms with Gasteiger partial charge < -0.3 is 4.74 Å². The van der Waals surface area contributed by atoms with Crippen LogP contribution in [0.5, 0.6) is 5.75 Å². The van der Waals surface area contributed by atoms with Gasteiger partial charge in [-0.15, -0.1) is 0 Å². The maximum absolute atomic E-state index is 6.57. The smallest absolute Gasteiger partial charge is 0.198 e. The van der Waals surface area contributed by atoms with E-state index in [1.807, 2.05) is 0 Å². The molecule has 3 aromatic rings. The van der Waals surface area contributed by atoms with E-state index in [2.05, 4.69) is 71.7 Å². The molecule has 3 heteroatoms. The van der Waals surface area contributed by atoms with Gasteiger partial charge in [0.05, 0.1) is 11.8 Å². The zero-order valence-corrected chi connectivity index (χ0v) is 15.3. The van der Waals surface area contributed by atoms with E-state index < -0.39 is 0 Å². The van der Waals surface area contributed by atoms with E-state index in [0.717, 1.165) is 25.0 Å². The van der Waals surface area contributed by atoms with Crippen molar-refractivity contribution in [2.45, 2.75) is 43.9 Å². The Morgan fingerprint density at radius 1 is 0.889 bits per heavy atom. The van der Waals surface area contributed by atoms with Crippen molar-refractivity contribution in [3.8, 4) is 5.75 Å². The van der Waals surface area contributed by atoms with Gasteiger partial charge in [-0.05, 0) is 41.3 Å². The molecule has 1 atom stereocenters. The summed E-state index contributed by atoms with van der Waals surface area (Å²) in [7, 11) is 0. The highest BCUT2D eigenvalue weighted by Gasteiger charge is 2.51. The van der Waals surface area contributed by atoms with Crippen LogP contribution in [0.25, 0.3) is 10.8 Å². The van der Waals surface area contributed by atoms with Crippen molar-refractivity contribution >= 4 is 16.5 Å². The Morgan fingerprint density at radius 2 is 1.67 bits per heavy atom. The summed E-state index contributed by atoms with van der Waals surface area (Å²) < 4.78 is 6.57. The Hall–Kier alpha value is -2.81. The van der Waals surface area contributed by atoms with Crippen LogP contribution in [0, 0.1) is 0 Å². The third-order valence-electron chi connectivity index (χ3n) is 6.37. The van der Waals surface area contributed by atoms with Crippen molar-refractivity contribution in [2.24, 2.45) is 5.10 Å². The first kappa shape index (κ1) is 15.3. The summed E-state index contributed by atoms with van der Waals surface area (Å²) in [5.41, 5.74) is 3.43. The van der Waals surface area contributed by atoms with Crippen LogP contribution in [0.2, 0.25) is 0 Å². The topological polar surface area (TPSA) is 24.8 Å². The van der Waals surface area contributed by atoms with Crippen molar-refractivity contribution < 1.29 is 4.74 Å². The lowest BCUT2D eigenvalue weighted by Gasteiger charge is -2.45. The molecule has 1 aliphatic carbocycles. The molecule has 2 heterocycles. The zero-order valence-electron chi connectivity index (χ0n) is 15.3. The lowest BCUT2D eigenvalue weighted by molar-refractivity contribution is -0.114. The summed E-state index contributed by atoms with van der Waals surface area (Å²) in [6.07, 6.45) is 5.50. The number of rotatable bonds is 1. The van der Waals surface area contributed by atoms with Gasteiger partial charge in [0, 0.05) is 24.8 Å². The van der Waals surface area contributed by atoms with Gasteiger partial charge in [-0.25, -0.2) is 5.01 Å². The molecule has 134 valence electrons. The molecule has 1 saturated carbocycles. The molecule has 6 rings (SSSR count). The molecule has 1 spiro atoms. The van der Waals surface area contributed by atoms with E-state index in [0.29, 0.717) is 0 Å². The molecule has 0 bridgehead atoms. The predicted molar refractivity (Wildman–Crippen MR) is 108 cm³/mol. The number of fused-ring (bicyclic) bond motifs is 5. The predicted octanol–water partition coefficient (Wildman–Crippen LogP) is 5.65. The first-order valence-electron chi connectivity index (χ1n) is 9.96. The molecule has 0 unspecified atom stereocenters. The van der Waals surface area contributed by atoms with Gasteiger partial charge in [-0.2, -0.15) is 5.10 Å². The van der Waals surface area contributed by atoms with Gasteiger partial charge in [0.2, 0.25) is 0 Å². The fourth-order valence-corrected chi connectivity index (χ4v) is 5.03. The van der Waals surface area contributed by atoms with Crippen LogP contribution in [0.4, 0.5) is 0 Å². The van der Waals surface area contributed by atoms with E-state index in [1.54, 1.807) is 0 Å². The highest BCUT2D eigenvalue weighted by atomic mass is 16.5. The summed E-state index contributed by atoms with van der Waals surface area (Å²) >= 11 is 0. The molecule has 1 fully saturated rings. The maximum Gasteiger partial charge on any atom is 0.198 e. The van der Waals surface area contributed by atoms with E-state index in [-0.39, 0.29) is 11.8 Å². The summed E-state index contributed by atoms with van der Waals surface area (Å²) in [5.74, 6) is 1.05. The van der Waals surface area contributed by atoms with E-state index in [1.165, 1.54) is 40.5 Å². The van der Waals surface area contributed by atoms with Gasteiger partial charge in [0.15, 0.2) is 5.72 Å². The number of hydrazone groups is 1. The summed E-state index contributed by atoms with van der Waals surface area (Å²) in [6.45, 7) is 0. The number of hydrogen-bond acceptors (Lipinski definition) is 3. The van der Waals surface area contributed by atoms with Gasteiger partial charge >= 0.3 is 0 Å². The van der Waals surface area contributed by atoms with Crippen molar-refractivity contribution in [1.82, 2.24) is 5.01 Å². The number of ether oxygens (including phenoxy) is 1. The van der Waals surface area contributed by atoms with Gasteiger partial charge in [0.1, 0.15) is 5.75 Å². The molecule has 2 aliphatic heterocycles. The van der Waals surface area contributed by atoms with Gasteiger partial charge in [-0.3, -0.25) is 0 Å². The van der Waals surface area contributed by atoms with Crippen LogP contribution < -0.4 is 4.74 Å². The molecule has 0 saturated heterocycles. The van der Waals surface area contributed by atoms with Crippen LogP contribution in [0.15, 0.2) is 71.8 Å². The summed E-state index contributed by atoms with van der Waals surface area (Å²) in [4.78, 5) is 0. The fourth-order valence-electron chi connectivity index (χ4n) is 5.03. The quantitative estimate of drug-likeness (QED) is 0.564. The first-order valence-corrected chi connectivity index (χ1v) is 9.96. The Labute approximate surface area is 159 Å². The number of hydrogen-bond donors (Lipinski definition) is 0. The average molecular weight is 354 g/mol. The van der Waals surface area contributed by atoms with E-state index >= 15 is 0 Å². The lowest BCUT2D eigenvalue weighted by Crippen LogP contribution is -2.51. The van der Waals surface area contributed by atoms with Crippen LogP contribution in [-0.2, 0) is 0 Å². The van der Waals surface area contributed by atoms with Crippen LogP contribution >= 0.6 is 0 Å². The van der Waals surface area contributed by atoms with Crippen molar-refractivity contribution in [2.75, 3.05) is 0 Å². The normalized spacial score (nSPS) is 22.4. The molecule has 0 N–H and O–H groups in total. The monoisotopic (exact) mass is 354 g/mol. The van der Waals surface area contributed by atoms with E-state index in [4.69, 9.17) is 9.84 Å². The summed E-state index contributed by atoms with van der Waals surface area (Å²) in [6, 6.07) is 24.0. The molecule has 3 nitrogen and oxygen atoms in total. The second kappa shape index (κ2) is 5.59. The standard InChI is InChI=1S/C24H22N2O/c1-2-8-18-15-19(12-11-17(18)7-1)21-16-22-20-9-3-4-10-23(20)27-24(26(22)25-21)13-5-6-14-24/h1-4,7-12,15,22H,5-6,13-14,16H2/t22-/m0/s1. The number of para-hydroxylation sites is 1. The largest absolute Gasteiger partial charge is 0.466 e. The second-order valence-electron chi connectivity index (χ2n) is 7.97. The number of benzene rings is 3. The molecule has 0 aromatic heterocycles. The molecular formula is C24H22N2O. The van der Waals surface area contributed by atoms with Crippen LogP contribution in [0.3, 0.4) is 0 Å². The molecule has 27 heavy (non-hydrogen) atoms. The third kappa shape index (κ3) is 2.24. The second-order valence-corrected chi connectivity index (χ2v) is 7.97. The minimum atomic E-state index is -0.252. The molecule has 0 amide bonds. The minimum absolute atomic E-state index is 0.252. The van der Waals surface area contributed by atoms with Crippen LogP contribution in [-0.4, -0.2) is 16.4 Å². The first-order chi connectivity index (χ1) is 13.3. The van der Waals surface area contributed by atoms with Gasteiger partial charge in [-0.1, -0.05) is 54.6 Å². The molecule has 0 radical (unpaired) electrons. The Morgan fingerprint density at radius 3 is 2.56 bits per heavy atom. The SMILES string of the molecule is c1ccc2c(c1)OC1(CCCC1)N1N=C(c3ccc4ccccc4c3)C[C@@H]21. The highest BCUT2D eigenvalue weighted by Crippen LogP contribution is 2.51. The molecule has 3 aromatic carbocycles. The zero-order chi connectivity index (χ0) is 17.8. The number of nitrogens with zero attached hydrogens (tertiary/aromatic N) is 2. The van der Waals surface area contributed by atoms with Crippen molar-refractivity contribution in [1.29, 1.82) is 0 Å². The van der Waals surface area contributed by atoms with Crippen molar-refractivity contribution in [3.63, 3.8) is 0 Å². The Kier molecular flexibility index (Phi) is 3.16. The third-order valence-corrected chi connectivity index (χ3v) is 6.37. The lowest BCUT2D eigenvalue weighted by atomic mass is 9.93. The Bertz CT molecular complexity index is 1060. The Balaban J connectivity index is 1.46. The van der Waals surface area contributed by atoms with Crippen LogP contribution in [0.1, 0.15) is 49.3 Å². The summed E-state index contributed by atoms with van der Waals surface area (Å²) in [5, 5.41) is 9.99. The van der Waals surface area contributed by atoms with E-state index in [9.17, 15) is 0 Å². The minimum Gasteiger partial charge on any atom is -0.466 e. The molecular weight excluding hydrogens is 332 g/mol.